The average Bonchev–Trinajstić information content (AvgIpc) is 2.49. The molecule has 1 aromatic rings. The van der Waals surface area contributed by atoms with Gasteiger partial charge in [0.15, 0.2) is 6.29 Å². The van der Waals surface area contributed by atoms with Crippen molar-refractivity contribution in [2.75, 3.05) is 13.2 Å². The third-order valence-corrected chi connectivity index (χ3v) is 3.97. The van der Waals surface area contributed by atoms with Crippen LogP contribution in [0.3, 0.4) is 0 Å². The predicted octanol–water partition coefficient (Wildman–Crippen LogP) is 4.83. The number of alkyl halides is 1. The highest BCUT2D eigenvalue weighted by Crippen LogP contribution is 2.27. The van der Waals surface area contributed by atoms with Crippen LogP contribution in [0.1, 0.15) is 56.9 Å². The molecule has 0 aliphatic carbocycles. The van der Waals surface area contributed by atoms with E-state index in [1.807, 2.05) is 31.2 Å². The van der Waals surface area contributed by atoms with Gasteiger partial charge in [-0.05, 0) is 18.4 Å². The highest BCUT2D eigenvalue weighted by molar-refractivity contribution is 5.24. The van der Waals surface area contributed by atoms with Crippen LogP contribution in [-0.2, 0) is 15.9 Å². The highest BCUT2D eigenvalue weighted by Gasteiger charge is 2.22. The molecule has 2 nitrogen and oxygen atoms in total. The zero-order valence-corrected chi connectivity index (χ0v) is 13.2. The Morgan fingerprint density at radius 3 is 2.33 bits per heavy atom. The van der Waals surface area contributed by atoms with Crippen molar-refractivity contribution in [1.29, 1.82) is 0 Å². The lowest BCUT2D eigenvalue weighted by Gasteiger charge is -2.29. The third kappa shape index (κ3) is 5.08. The second kappa shape index (κ2) is 8.50. The second-order valence-corrected chi connectivity index (χ2v) is 5.98. The molecule has 1 aliphatic rings. The van der Waals surface area contributed by atoms with E-state index < -0.39 is 6.17 Å². The first kappa shape index (κ1) is 16.4. The molecule has 0 radical (unpaired) electrons. The van der Waals surface area contributed by atoms with Crippen molar-refractivity contribution in [2.45, 2.75) is 58.4 Å². The molecule has 118 valence electrons. The lowest BCUT2D eigenvalue weighted by Crippen LogP contribution is -2.26. The van der Waals surface area contributed by atoms with Gasteiger partial charge >= 0.3 is 0 Å². The summed E-state index contributed by atoms with van der Waals surface area (Å²) in [5, 5.41) is 0. The van der Waals surface area contributed by atoms with E-state index in [4.69, 9.17) is 9.47 Å². The van der Waals surface area contributed by atoms with Crippen LogP contribution in [0.15, 0.2) is 24.3 Å². The summed E-state index contributed by atoms with van der Waals surface area (Å²) < 4.78 is 25.2. The summed E-state index contributed by atoms with van der Waals surface area (Å²) in [7, 11) is 0. The Labute approximate surface area is 127 Å². The summed E-state index contributed by atoms with van der Waals surface area (Å²) in [6, 6.07) is 7.97. The Bertz CT molecular complexity index is 396. The van der Waals surface area contributed by atoms with Crippen molar-refractivity contribution < 1.29 is 13.9 Å². The minimum absolute atomic E-state index is 0.260. The monoisotopic (exact) mass is 294 g/mol. The third-order valence-electron chi connectivity index (χ3n) is 3.97. The molecular formula is C18H27FO2. The normalized spacial score (nSPS) is 24.0. The summed E-state index contributed by atoms with van der Waals surface area (Å²) in [5.74, 6) is 0.520. The lowest BCUT2D eigenvalue weighted by atomic mass is 10.0. The Hall–Kier alpha value is -0.930. The van der Waals surface area contributed by atoms with Crippen LogP contribution in [0.5, 0.6) is 0 Å². The molecule has 21 heavy (non-hydrogen) atoms. The summed E-state index contributed by atoms with van der Waals surface area (Å²) in [5.41, 5.74) is 2.07. The van der Waals surface area contributed by atoms with Gasteiger partial charge in [0.1, 0.15) is 6.17 Å². The van der Waals surface area contributed by atoms with Gasteiger partial charge in [0.05, 0.1) is 13.2 Å². The van der Waals surface area contributed by atoms with E-state index in [1.54, 1.807) is 0 Å². The van der Waals surface area contributed by atoms with Crippen molar-refractivity contribution in [2.24, 2.45) is 5.92 Å². The van der Waals surface area contributed by atoms with Gasteiger partial charge in [-0.25, -0.2) is 4.39 Å². The number of halogens is 1. The fraction of sp³-hybridized carbons (Fsp3) is 0.667. The van der Waals surface area contributed by atoms with E-state index >= 15 is 0 Å². The van der Waals surface area contributed by atoms with Crippen molar-refractivity contribution in [1.82, 2.24) is 0 Å². The van der Waals surface area contributed by atoms with Crippen molar-refractivity contribution in [3.63, 3.8) is 0 Å². The molecule has 1 aromatic carbocycles. The Balaban J connectivity index is 1.85. The summed E-state index contributed by atoms with van der Waals surface area (Å²) >= 11 is 0. The molecule has 0 bridgehead atoms. The van der Waals surface area contributed by atoms with Gasteiger partial charge in [-0.3, -0.25) is 0 Å². The van der Waals surface area contributed by atoms with Gasteiger partial charge in [-0.15, -0.1) is 0 Å². The quantitative estimate of drug-likeness (QED) is 0.717. The zero-order valence-electron chi connectivity index (χ0n) is 13.2. The van der Waals surface area contributed by atoms with Crippen LogP contribution in [0.4, 0.5) is 4.39 Å². The molecule has 2 rings (SSSR count). The first-order valence-corrected chi connectivity index (χ1v) is 8.19. The van der Waals surface area contributed by atoms with E-state index in [9.17, 15) is 4.39 Å². The number of benzene rings is 1. The number of hydrogen-bond acceptors (Lipinski definition) is 2. The van der Waals surface area contributed by atoms with Gasteiger partial charge < -0.3 is 9.47 Å². The number of rotatable bonds is 7. The van der Waals surface area contributed by atoms with E-state index in [0.29, 0.717) is 18.8 Å². The summed E-state index contributed by atoms with van der Waals surface area (Å²) in [6.07, 6.45) is 3.35. The smallest absolute Gasteiger partial charge is 0.183 e. The van der Waals surface area contributed by atoms with Crippen LogP contribution < -0.4 is 0 Å². The molecular weight excluding hydrogens is 267 g/mol. The van der Waals surface area contributed by atoms with E-state index in [2.05, 4.69) is 6.92 Å². The van der Waals surface area contributed by atoms with Gasteiger partial charge in [0.2, 0.25) is 0 Å². The van der Waals surface area contributed by atoms with E-state index in [0.717, 1.165) is 37.2 Å². The van der Waals surface area contributed by atoms with Crippen LogP contribution in [0.25, 0.3) is 0 Å². The predicted molar refractivity (Wildman–Crippen MR) is 83.0 cm³/mol. The minimum Gasteiger partial charge on any atom is -0.348 e. The van der Waals surface area contributed by atoms with Crippen LogP contribution >= 0.6 is 0 Å². The molecule has 0 saturated carbocycles. The van der Waals surface area contributed by atoms with Crippen LogP contribution in [0.2, 0.25) is 0 Å². The fourth-order valence-electron chi connectivity index (χ4n) is 2.79. The van der Waals surface area contributed by atoms with Gasteiger partial charge in [0.25, 0.3) is 0 Å². The zero-order chi connectivity index (χ0) is 15.1. The van der Waals surface area contributed by atoms with Gasteiger partial charge in [0, 0.05) is 17.9 Å². The molecule has 1 heterocycles. The number of hydrogen-bond donors (Lipinski definition) is 0. The standard InChI is InChI=1S/C18H27FO2/c1-3-5-15-12-20-18(21-13-15)16-9-7-14(8-10-16)11-17(19)6-4-2/h7-10,15,17-18H,3-6,11-13H2,1-2H3. The van der Waals surface area contributed by atoms with Crippen LogP contribution in [0, 0.1) is 5.92 Å². The highest BCUT2D eigenvalue weighted by atomic mass is 19.1. The maximum atomic E-state index is 13.6. The summed E-state index contributed by atoms with van der Waals surface area (Å²) in [4.78, 5) is 0. The molecule has 0 amide bonds. The Morgan fingerprint density at radius 2 is 1.76 bits per heavy atom. The molecule has 0 N–H and O–H groups in total. The topological polar surface area (TPSA) is 18.5 Å². The molecule has 0 spiro atoms. The number of ether oxygens (including phenoxy) is 2. The first-order chi connectivity index (χ1) is 10.2. The molecule has 3 heteroatoms. The van der Waals surface area contributed by atoms with Crippen molar-refractivity contribution in [3.8, 4) is 0 Å². The van der Waals surface area contributed by atoms with Gasteiger partial charge in [-0.2, -0.15) is 0 Å². The Kier molecular flexibility index (Phi) is 6.65. The van der Waals surface area contributed by atoms with E-state index in [-0.39, 0.29) is 6.29 Å². The molecule has 0 aromatic heterocycles. The van der Waals surface area contributed by atoms with Crippen molar-refractivity contribution >= 4 is 0 Å². The largest absolute Gasteiger partial charge is 0.348 e. The summed E-state index contributed by atoms with van der Waals surface area (Å²) in [6.45, 7) is 5.73. The molecule has 1 unspecified atom stereocenters. The van der Waals surface area contributed by atoms with Gasteiger partial charge in [-0.1, -0.05) is 51.0 Å². The van der Waals surface area contributed by atoms with E-state index in [1.165, 1.54) is 6.42 Å². The SMILES string of the molecule is CCCC(F)Cc1ccc(C2OCC(CCC)CO2)cc1. The average molecular weight is 294 g/mol. The molecule has 1 aliphatic heterocycles. The first-order valence-electron chi connectivity index (χ1n) is 8.19. The maximum Gasteiger partial charge on any atom is 0.183 e. The maximum absolute atomic E-state index is 13.6. The second-order valence-electron chi connectivity index (χ2n) is 5.98. The molecule has 1 saturated heterocycles. The Morgan fingerprint density at radius 1 is 1.10 bits per heavy atom. The van der Waals surface area contributed by atoms with Crippen molar-refractivity contribution in [3.05, 3.63) is 35.4 Å². The fourth-order valence-corrected chi connectivity index (χ4v) is 2.79. The lowest BCUT2D eigenvalue weighted by molar-refractivity contribution is -0.206. The molecule has 1 atom stereocenters. The molecule has 1 fully saturated rings. The minimum atomic E-state index is -0.738. The van der Waals surface area contributed by atoms with Crippen LogP contribution in [-0.4, -0.2) is 19.4 Å².